The van der Waals surface area contributed by atoms with Crippen molar-refractivity contribution in [3.8, 4) is 5.75 Å². The summed E-state index contributed by atoms with van der Waals surface area (Å²) in [5, 5.41) is 1.35. The molecule has 0 spiro atoms. The molecular weight excluding hydrogens is 459 g/mol. The molecule has 2 heterocycles. The number of hydrogen-bond donors (Lipinski definition) is 0. The van der Waals surface area contributed by atoms with E-state index in [1.54, 1.807) is 30.3 Å². The summed E-state index contributed by atoms with van der Waals surface area (Å²) in [5.41, 5.74) is 1.85. The van der Waals surface area contributed by atoms with Gasteiger partial charge in [0.1, 0.15) is 5.52 Å². The number of benzene rings is 2. The van der Waals surface area contributed by atoms with Crippen LogP contribution in [0.4, 0.5) is 5.69 Å². The molecule has 1 aromatic heterocycles. The molecule has 0 radical (unpaired) electrons. The topological polar surface area (TPSA) is 76.6 Å². The summed E-state index contributed by atoms with van der Waals surface area (Å²) in [6.45, 7) is 1.51. The predicted molar refractivity (Wildman–Crippen MR) is 123 cm³/mol. The molecule has 0 aliphatic carbocycles. The Hall–Kier alpha value is -2.35. The molecule has 6 nitrogen and oxygen atoms in total. The molecule has 0 saturated carbocycles. The lowest BCUT2D eigenvalue weighted by atomic mass is 10.1. The van der Waals surface area contributed by atoms with E-state index >= 15 is 0 Å². The first-order valence-electron chi connectivity index (χ1n) is 9.71. The van der Waals surface area contributed by atoms with Crippen LogP contribution in [0.2, 0.25) is 10.0 Å². The van der Waals surface area contributed by atoms with E-state index in [1.807, 2.05) is 25.1 Å². The standard InChI is InChI=1S/C22H20Cl2N2O4S/c1-14-7-8-17-18(23)11-19(24)22(21(17)25-14)30-12-20(27)26(15-5-3-2-4-6-15)16-9-10-31(28,29)13-16/h2-8,11,16H,9-10,12-13H2,1H3/t16-/m0/s1. The first kappa shape index (κ1) is 21.9. The van der Waals surface area contributed by atoms with Gasteiger partial charge >= 0.3 is 0 Å². The van der Waals surface area contributed by atoms with Gasteiger partial charge in [0.15, 0.2) is 22.2 Å². The zero-order valence-electron chi connectivity index (χ0n) is 16.7. The van der Waals surface area contributed by atoms with E-state index in [4.69, 9.17) is 27.9 Å². The summed E-state index contributed by atoms with van der Waals surface area (Å²) in [7, 11) is -3.17. The zero-order valence-corrected chi connectivity index (χ0v) is 19.0. The van der Waals surface area contributed by atoms with E-state index in [2.05, 4.69) is 4.98 Å². The number of anilines is 1. The van der Waals surface area contributed by atoms with Crippen LogP contribution in [0.15, 0.2) is 48.5 Å². The molecule has 9 heteroatoms. The van der Waals surface area contributed by atoms with Gasteiger partial charge in [-0.2, -0.15) is 0 Å². The van der Waals surface area contributed by atoms with E-state index < -0.39 is 15.9 Å². The number of aryl methyl sites for hydroxylation is 1. The highest BCUT2D eigenvalue weighted by atomic mass is 35.5. The molecule has 0 N–H and O–H groups in total. The Balaban J connectivity index is 1.64. The summed E-state index contributed by atoms with van der Waals surface area (Å²) in [5.74, 6) is -0.101. The normalized spacial score (nSPS) is 17.6. The number of ether oxygens (including phenoxy) is 1. The molecule has 1 aliphatic rings. The highest BCUT2D eigenvalue weighted by molar-refractivity contribution is 7.91. The fourth-order valence-electron chi connectivity index (χ4n) is 3.76. The number of sulfone groups is 1. The van der Waals surface area contributed by atoms with Crippen LogP contribution < -0.4 is 9.64 Å². The van der Waals surface area contributed by atoms with Gasteiger partial charge in [-0.25, -0.2) is 13.4 Å². The highest BCUT2D eigenvalue weighted by Gasteiger charge is 2.35. The summed E-state index contributed by atoms with van der Waals surface area (Å²) in [6, 6.07) is 13.8. The second-order valence-corrected chi connectivity index (χ2v) is 10.5. The fourth-order valence-corrected chi connectivity index (χ4v) is 6.03. The van der Waals surface area contributed by atoms with Crippen molar-refractivity contribution in [3.63, 3.8) is 0 Å². The third-order valence-electron chi connectivity index (χ3n) is 5.19. The van der Waals surface area contributed by atoms with E-state index in [0.717, 1.165) is 5.69 Å². The zero-order chi connectivity index (χ0) is 22.2. The van der Waals surface area contributed by atoms with Crippen LogP contribution in [0, 0.1) is 6.92 Å². The van der Waals surface area contributed by atoms with Crippen LogP contribution in [0.3, 0.4) is 0 Å². The second-order valence-electron chi connectivity index (χ2n) is 7.46. The number of fused-ring (bicyclic) bond motifs is 1. The number of carbonyl (C=O) groups is 1. The number of hydrogen-bond acceptors (Lipinski definition) is 5. The minimum absolute atomic E-state index is 0.0615. The Kier molecular flexibility index (Phi) is 6.10. The van der Waals surface area contributed by atoms with Crippen molar-refractivity contribution in [2.24, 2.45) is 0 Å². The van der Waals surface area contributed by atoms with Crippen LogP contribution in [0.5, 0.6) is 5.75 Å². The molecule has 3 aromatic rings. The summed E-state index contributed by atoms with van der Waals surface area (Å²) in [6.07, 6.45) is 0.383. The minimum atomic E-state index is -3.17. The molecule has 1 amide bonds. The Bertz CT molecular complexity index is 1250. The molecule has 1 saturated heterocycles. The number of pyridine rings is 1. The Morgan fingerprint density at radius 1 is 1.16 bits per heavy atom. The average molecular weight is 479 g/mol. The van der Waals surface area contributed by atoms with Gasteiger partial charge in [-0.3, -0.25) is 4.79 Å². The molecule has 1 atom stereocenters. The predicted octanol–water partition coefficient (Wildman–Crippen LogP) is 4.45. The SMILES string of the molecule is Cc1ccc2c(Cl)cc(Cl)c(OCC(=O)N(c3ccccc3)[C@H]3CCS(=O)(=O)C3)c2n1. The average Bonchev–Trinajstić information content (AvgIpc) is 3.07. The van der Waals surface area contributed by atoms with E-state index in [0.29, 0.717) is 28.0 Å². The van der Waals surface area contributed by atoms with Gasteiger partial charge in [-0.15, -0.1) is 0 Å². The van der Waals surface area contributed by atoms with Gasteiger partial charge in [-0.05, 0) is 43.7 Å². The van der Waals surface area contributed by atoms with Crippen LogP contribution in [-0.2, 0) is 14.6 Å². The molecule has 0 unspecified atom stereocenters. The van der Waals surface area contributed by atoms with Crippen LogP contribution >= 0.6 is 23.2 Å². The third-order valence-corrected chi connectivity index (χ3v) is 7.54. The monoisotopic (exact) mass is 478 g/mol. The number of para-hydroxylation sites is 1. The molecule has 2 aromatic carbocycles. The smallest absolute Gasteiger partial charge is 0.265 e. The Morgan fingerprint density at radius 3 is 2.58 bits per heavy atom. The fraction of sp³-hybridized carbons (Fsp3) is 0.273. The van der Waals surface area contributed by atoms with Crippen LogP contribution in [-0.4, -0.2) is 43.5 Å². The maximum atomic E-state index is 13.2. The summed E-state index contributed by atoms with van der Waals surface area (Å²) in [4.78, 5) is 19.2. The Labute approximate surface area is 190 Å². The number of amides is 1. The maximum Gasteiger partial charge on any atom is 0.265 e. The summed E-state index contributed by atoms with van der Waals surface area (Å²) < 4.78 is 29.9. The van der Waals surface area contributed by atoms with Crippen molar-refractivity contribution < 1.29 is 17.9 Å². The number of aromatic nitrogens is 1. The number of nitrogens with zero attached hydrogens (tertiary/aromatic N) is 2. The maximum absolute atomic E-state index is 13.2. The van der Waals surface area contributed by atoms with Crippen molar-refractivity contribution in [1.82, 2.24) is 4.98 Å². The Morgan fingerprint density at radius 2 is 1.90 bits per heavy atom. The first-order chi connectivity index (χ1) is 14.7. The van der Waals surface area contributed by atoms with E-state index in [9.17, 15) is 13.2 Å². The van der Waals surface area contributed by atoms with Crippen molar-refractivity contribution >= 4 is 55.5 Å². The van der Waals surface area contributed by atoms with Gasteiger partial charge in [0.05, 0.1) is 27.6 Å². The van der Waals surface area contributed by atoms with Crippen molar-refractivity contribution in [1.29, 1.82) is 0 Å². The minimum Gasteiger partial charge on any atom is -0.480 e. The molecule has 0 bridgehead atoms. The molecule has 31 heavy (non-hydrogen) atoms. The van der Waals surface area contributed by atoms with Gasteiger partial charge in [0, 0.05) is 16.8 Å². The van der Waals surface area contributed by atoms with Gasteiger partial charge in [0.25, 0.3) is 5.91 Å². The number of halogens is 2. The molecule has 1 aliphatic heterocycles. The number of rotatable bonds is 5. The molecule has 1 fully saturated rings. The first-order valence-corrected chi connectivity index (χ1v) is 12.3. The van der Waals surface area contributed by atoms with E-state index in [1.165, 1.54) is 4.90 Å². The second kappa shape index (κ2) is 8.65. The van der Waals surface area contributed by atoms with E-state index in [-0.39, 0.29) is 34.8 Å². The quantitative estimate of drug-likeness (QED) is 0.541. The lowest BCUT2D eigenvalue weighted by Crippen LogP contribution is -2.43. The lowest BCUT2D eigenvalue weighted by Gasteiger charge is -2.28. The van der Waals surface area contributed by atoms with Crippen molar-refractivity contribution in [2.75, 3.05) is 23.0 Å². The molecule has 162 valence electrons. The molecule has 4 rings (SSSR count). The molecular formula is C22H20Cl2N2O4S. The van der Waals surface area contributed by atoms with Crippen LogP contribution in [0.1, 0.15) is 12.1 Å². The van der Waals surface area contributed by atoms with Gasteiger partial charge < -0.3 is 9.64 Å². The largest absolute Gasteiger partial charge is 0.480 e. The highest BCUT2D eigenvalue weighted by Crippen LogP contribution is 2.37. The number of carbonyl (C=O) groups excluding carboxylic acids is 1. The third kappa shape index (κ3) is 4.63. The van der Waals surface area contributed by atoms with Gasteiger partial charge in [-0.1, -0.05) is 41.4 Å². The van der Waals surface area contributed by atoms with Gasteiger partial charge in [0.2, 0.25) is 0 Å². The van der Waals surface area contributed by atoms with Crippen molar-refractivity contribution in [3.05, 3.63) is 64.3 Å². The lowest BCUT2D eigenvalue weighted by molar-refractivity contribution is -0.120. The van der Waals surface area contributed by atoms with Crippen molar-refractivity contribution in [2.45, 2.75) is 19.4 Å². The van der Waals surface area contributed by atoms with Crippen LogP contribution in [0.25, 0.3) is 10.9 Å². The summed E-state index contributed by atoms with van der Waals surface area (Å²) >= 11 is 12.6.